The standard InChI is InChI=1S/C35H19BO4/c1-3-9-25-21(7-1)33-22-15-19-16-24-32(18-20(19)17-31(22)39-28-12-5-11-27(37-25)34(28)33)40-30-14-6-13-29-35(30)36(24)23-8-2-4-10-26(23)38-29/h1-18,33H. The third-order valence-corrected chi connectivity index (χ3v) is 8.69. The first-order valence-corrected chi connectivity index (χ1v) is 13.6. The van der Waals surface area contributed by atoms with Gasteiger partial charge in [-0.2, -0.15) is 0 Å². The maximum absolute atomic E-state index is 6.52. The highest BCUT2D eigenvalue weighted by Gasteiger charge is 2.41. The van der Waals surface area contributed by atoms with Crippen molar-refractivity contribution in [2.75, 3.05) is 0 Å². The average molecular weight is 514 g/mol. The molecule has 0 N–H and O–H groups in total. The molecule has 5 heteroatoms. The highest BCUT2D eigenvalue weighted by Crippen LogP contribution is 2.56. The number of hydrogen-bond acceptors (Lipinski definition) is 4. The maximum Gasteiger partial charge on any atom is 0.260 e. The molecule has 40 heavy (non-hydrogen) atoms. The number of para-hydroxylation sites is 2. The third kappa shape index (κ3) is 2.62. The fourth-order valence-corrected chi connectivity index (χ4v) is 7.00. The second kappa shape index (κ2) is 7.27. The molecule has 1 atom stereocenters. The summed E-state index contributed by atoms with van der Waals surface area (Å²) >= 11 is 0. The van der Waals surface area contributed by atoms with Crippen LogP contribution in [0.25, 0.3) is 10.8 Å². The quantitative estimate of drug-likeness (QED) is 0.205. The normalized spacial score (nSPS) is 16.0. The molecule has 4 aliphatic heterocycles. The van der Waals surface area contributed by atoms with Gasteiger partial charge in [0.05, 0.1) is 0 Å². The van der Waals surface area contributed by atoms with E-state index in [1.807, 2.05) is 60.7 Å². The van der Waals surface area contributed by atoms with E-state index in [0.29, 0.717) is 0 Å². The Morgan fingerprint density at radius 3 is 1.88 bits per heavy atom. The molecule has 6 aromatic rings. The minimum atomic E-state index is 0.0349. The van der Waals surface area contributed by atoms with Gasteiger partial charge in [-0.05, 0) is 76.3 Å². The van der Waals surface area contributed by atoms with Gasteiger partial charge in [-0.15, -0.1) is 0 Å². The van der Waals surface area contributed by atoms with Crippen molar-refractivity contribution in [3.05, 3.63) is 126 Å². The van der Waals surface area contributed by atoms with Crippen LogP contribution in [0.4, 0.5) is 0 Å². The lowest BCUT2D eigenvalue weighted by molar-refractivity contribution is 0.410. The van der Waals surface area contributed by atoms with Crippen LogP contribution in [-0.4, -0.2) is 6.71 Å². The lowest BCUT2D eigenvalue weighted by Gasteiger charge is -2.35. The molecule has 0 fully saturated rings. The van der Waals surface area contributed by atoms with Crippen molar-refractivity contribution < 1.29 is 18.9 Å². The van der Waals surface area contributed by atoms with Gasteiger partial charge in [0, 0.05) is 28.1 Å². The Balaban J connectivity index is 1.22. The summed E-state index contributed by atoms with van der Waals surface area (Å²) in [5.41, 5.74) is 6.79. The molecule has 0 radical (unpaired) electrons. The predicted octanol–water partition coefficient (Wildman–Crippen LogP) is 6.96. The fourth-order valence-electron chi connectivity index (χ4n) is 7.00. The first-order valence-electron chi connectivity index (χ1n) is 13.6. The van der Waals surface area contributed by atoms with Crippen molar-refractivity contribution in [2.24, 2.45) is 0 Å². The minimum absolute atomic E-state index is 0.0349. The summed E-state index contributed by atoms with van der Waals surface area (Å²) in [5.74, 6) is 6.97. The van der Waals surface area contributed by atoms with Crippen LogP contribution < -0.4 is 35.3 Å². The Hall–Kier alpha value is -5.16. The predicted molar refractivity (Wildman–Crippen MR) is 156 cm³/mol. The summed E-state index contributed by atoms with van der Waals surface area (Å²) in [6, 6.07) is 37.7. The van der Waals surface area contributed by atoms with Gasteiger partial charge in [0.15, 0.2) is 0 Å². The summed E-state index contributed by atoms with van der Waals surface area (Å²) in [5, 5.41) is 2.23. The van der Waals surface area contributed by atoms with E-state index in [9.17, 15) is 0 Å². The number of ether oxygens (including phenoxy) is 4. The van der Waals surface area contributed by atoms with Gasteiger partial charge in [-0.3, -0.25) is 0 Å². The van der Waals surface area contributed by atoms with Crippen LogP contribution in [0.3, 0.4) is 0 Å². The Labute approximate surface area is 230 Å². The molecule has 1 unspecified atom stereocenters. The molecule has 186 valence electrons. The Kier molecular flexibility index (Phi) is 3.78. The van der Waals surface area contributed by atoms with E-state index >= 15 is 0 Å². The van der Waals surface area contributed by atoms with E-state index in [1.54, 1.807) is 0 Å². The number of benzene rings is 6. The molecule has 0 aliphatic carbocycles. The molecule has 4 nitrogen and oxygen atoms in total. The monoisotopic (exact) mass is 514 g/mol. The van der Waals surface area contributed by atoms with Gasteiger partial charge < -0.3 is 18.9 Å². The van der Waals surface area contributed by atoms with Crippen LogP contribution in [-0.2, 0) is 0 Å². The smallest absolute Gasteiger partial charge is 0.260 e. The number of fused-ring (bicyclic) bond motifs is 9. The molecule has 4 aliphatic rings. The second-order valence-corrected chi connectivity index (χ2v) is 10.8. The molecule has 4 heterocycles. The van der Waals surface area contributed by atoms with Gasteiger partial charge in [-0.1, -0.05) is 54.6 Å². The zero-order valence-corrected chi connectivity index (χ0v) is 21.2. The van der Waals surface area contributed by atoms with Crippen LogP contribution in [0.1, 0.15) is 22.6 Å². The van der Waals surface area contributed by atoms with E-state index in [-0.39, 0.29) is 12.6 Å². The van der Waals surface area contributed by atoms with E-state index in [2.05, 4.69) is 48.5 Å². The van der Waals surface area contributed by atoms with Crippen molar-refractivity contribution in [3.63, 3.8) is 0 Å². The van der Waals surface area contributed by atoms with Gasteiger partial charge in [0.1, 0.15) is 46.0 Å². The lowest BCUT2D eigenvalue weighted by Crippen LogP contribution is -2.57. The Morgan fingerprint density at radius 1 is 0.425 bits per heavy atom. The minimum Gasteiger partial charge on any atom is -0.458 e. The van der Waals surface area contributed by atoms with E-state index in [4.69, 9.17) is 18.9 Å². The summed E-state index contributed by atoms with van der Waals surface area (Å²) in [6.07, 6.45) is 0. The largest absolute Gasteiger partial charge is 0.458 e. The van der Waals surface area contributed by atoms with Crippen molar-refractivity contribution in [3.8, 4) is 46.0 Å². The zero-order chi connectivity index (χ0) is 25.9. The summed E-state index contributed by atoms with van der Waals surface area (Å²) < 4.78 is 25.7. The average Bonchev–Trinajstić information content (AvgIpc) is 2.99. The Bertz CT molecular complexity index is 1950. The van der Waals surface area contributed by atoms with Crippen LogP contribution in [0.2, 0.25) is 0 Å². The van der Waals surface area contributed by atoms with Crippen molar-refractivity contribution in [1.29, 1.82) is 0 Å². The van der Waals surface area contributed by atoms with Crippen LogP contribution in [0.5, 0.6) is 46.0 Å². The highest BCUT2D eigenvalue weighted by atomic mass is 16.5. The molecule has 0 bridgehead atoms. The molecule has 0 spiro atoms. The third-order valence-electron chi connectivity index (χ3n) is 8.69. The van der Waals surface area contributed by atoms with Gasteiger partial charge in [-0.25, -0.2) is 0 Å². The summed E-state index contributed by atoms with van der Waals surface area (Å²) in [6.45, 7) is 0.0349. The summed E-state index contributed by atoms with van der Waals surface area (Å²) in [7, 11) is 0. The van der Waals surface area contributed by atoms with Crippen molar-refractivity contribution in [2.45, 2.75) is 5.92 Å². The highest BCUT2D eigenvalue weighted by molar-refractivity contribution is 6.98. The van der Waals surface area contributed by atoms with E-state index in [1.165, 1.54) is 0 Å². The van der Waals surface area contributed by atoms with Crippen molar-refractivity contribution >= 4 is 33.9 Å². The topological polar surface area (TPSA) is 36.9 Å². The second-order valence-electron chi connectivity index (χ2n) is 10.8. The first-order chi connectivity index (χ1) is 19.8. The first kappa shape index (κ1) is 20.8. The molecular formula is C35H19BO4. The zero-order valence-electron chi connectivity index (χ0n) is 21.2. The van der Waals surface area contributed by atoms with Gasteiger partial charge in [0.2, 0.25) is 0 Å². The van der Waals surface area contributed by atoms with Gasteiger partial charge >= 0.3 is 0 Å². The molecule has 0 saturated heterocycles. The van der Waals surface area contributed by atoms with Crippen molar-refractivity contribution in [1.82, 2.24) is 0 Å². The molecule has 0 amide bonds. The summed E-state index contributed by atoms with van der Waals surface area (Å²) in [4.78, 5) is 0. The molecule has 0 aromatic heterocycles. The van der Waals surface area contributed by atoms with Gasteiger partial charge in [0.25, 0.3) is 6.71 Å². The fraction of sp³-hybridized carbons (Fsp3) is 0.0286. The number of hydrogen-bond donors (Lipinski definition) is 0. The number of rotatable bonds is 0. The van der Waals surface area contributed by atoms with E-state index in [0.717, 1.165) is 89.8 Å². The maximum atomic E-state index is 6.52. The van der Waals surface area contributed by atoms with Crippen LogP contribution in [0.15, 0.2) is 109 Å². The van der Waals surface area contributed by atoms with Crippen LogP contribution in [0, 0.1) is 0 Å². The molecular weight excluding hydrogens is 495 g/mol. The molecule has 10 rings (SSSR count). The van der Waals surface area contributed by atoms with Crippen LogP contribution >= 0.6 is 0 Å². The molecule has 6 aromatic carbocycles. The van der Waals surface area contributed by atoms with E-state index < -0.39 is 0 Å². The lowest BCUT2D eigenvalue weighted by atomic mass is 9.35. The molecule has 0 saturated carbocycles. The Morgan fingerprint density at radius 2 is 1.02 bits per heavy atom. The SMILES string of the molecule is c1ccc2c(c1)Oc1cccc3c1B2c1cc2cc4c(cc2cc1O3)Oc1cccc2c1C4c1ccccc1O2.